The molecule has 138 valence electrons. The number of rotatable bonds is 5. The molecule has 1 aliphatic heterocycles. The lowest BCUT2D eigenvalue weighted by molar-refractivity contribution is -0.117. The van der Waals surface area contributed by atoms with E-state index in [-0.39, 0.29) is 17.6 Å². The molecule has 2 aromatic carbocycles. The van der Waals surface area contributed by atoms with Gasteiger partial charge in [-0.2, -0.15) is 0 Å². The largest absolute Gasteiger partial charge is 0.497 e. The molecular weight excluding hydrogens is 361 g/mol. The Balaban J connectivity index is 1.70. The fourth-order valence-corrected chi connectivity index (χ4v) is 3.02. The monoisotopic (exact) mass is 379 g/mol. The molecule has 1 fully saturated rings. The van der Waals surface area contributed by atoms with E-state index in [2.05, 4.69) is 16.2 Å². The number of halogens is 2. The number of hydrogen-bond donors (Lipinski definition) is 3. The van der Waals surface area contributed by atoms with Crippen molar-refractivity contribution in [3.63, 3.8) is 0 Å². The molecule has 6 nitrogen and oxygen atoms in total. The number of methoxy groups -OCH3 is 2. The predicted octanol–water partition coefficient (Wildman–Crippen LogP) is 3.04. The number of hydrazine groups is 1. The van der Waals surface area contributed by atoms with E-state index >= 15 is 0 Å². The van der Waals surface area contributed by atoms with Gasteiger partial charge in [-0.25, -0.2) is 15.2 Å². The average Bonchev–Trinajstić information content (AvgIpc) is 3.14. The highest BCUT2D eigenvalue weighted by Crippen LogP contribution is 2.33. The zero-order chi connectivity index (χ0) is 18.7. The van der Waals surface area contributed by atoms with Gasteiger partial charge in [-0.3, -0.25) is 4.79 Å². The predicted molar refractivity (Wildman–Crippen MR) is 97.0 cm³/mol. The third-order valence-corrected chi connectivity index (χ3v) is 4.46. The molecule has 0 radical (unpaired) electrons. The molecule has 1 heterocycles. The Labute approximate surface area is 155 Å². The second kappa shape index (κ2) is 7.90. The molecule has 0 aliphatic carbocycles. The van der Waals surface area contributed by atoms with E-state index in [0.29, 0.717) is 22.9 Å². The first-order chi connectivity index (χ1) is 12.5. The fourth-order valence-electron chi connectivity index (χ4n) is 2.85. The van der Waals surface area contributed by atoms with Crippen LogP contribution in [0.3, 0.4) is 0 Å². The van der Waals surface area contributed by atoms with E-state index in [9.17, 15) is 9.18 Å². The molecule has 26 heavy (non-hydrogen) atoms. The van der Waals surface area contributed by atoms with E-state index in [1.807, 2.05) is 12.1 Å². The van der Waals surface area contributed by atoms with Crippen molar-refractivity contribution in [3.8, 4) is 11.5 Å². The van der Waals surface area contributed by atoms with Crippen molar-refractivity contribution in [3.05, 3.63) is 52.8 Å². The molecule has 3 rings (SSSR count). The molecule has 1 aliphatic rings. The Morgan fingerprint density at radius 2 is 2.00 bits per heavy atom. The van der Waals surface area contributed by atoms with Crippen molar-refractivity contribution >= 4 is 23.2 Å². The molecule has 0 aromatic heterocycles. The highest BCUT2D eigenvalue weighted by molar-refractivity contribution is 6.30. The maximum Gasteiger partial charge on any atom is 0.243 e. The third kappa shape index (κ3) is 3.90. The summed E-state index contributed by atoms with van der Waals surface area (Å²) in [5.41, 5.74) is 6.96. The topological polar surface area (TPSA) is 71.6 Å². The van der Waals surface area contributed by atoms with Gasteiger partial charge in [-0.05, 0) is 30.7 Å². The van der Waals surface area contributed by atoms with Gasteiger partial charge in [0.1, 0.15) is 23.4 Å². The second-order valence-corrected chi connectivity index (χ2v) is 6.29. The first-order valence-electron chi connectivity index (χ1n) is 8.00. The number of anilines is 1. The Morgan fingerprint density at radius 1 is 1.19 bits per heavy atom. The average molecular weight is 380 g/mol. The van der Waals surface area contributed by atoms with E-state index in [1.165, 1.54) is 18.2 Å². The summed E-state index contributed by atoms with van der Waals surface area (Å²) >= 11 is 5.85. The summed E-state index contributed by atoms with van der Waals surface area (Å²) in [5, 5.41) is 2.91. The minimum atomic E-state index is -0.540. The molecule has 0 spiro atoms. The van der Waals surface area contributed by atoms with Crippen LogP contribution in [0, 0.1) is 5.82 Å². The van der Waals surface area contributed by atoms with Crippen LogP contribution >= 0.6 is 11.6 Å². The van der Waals surface area contributed by atoms with Crippen molar-refractivity contribution in [2.45, 2.75) is 18.5 Å². The second-order valence-electron chi connectivity index (χ2n) is 5.85. The summed E-state index contributed by atoms with van der Waals surface area (Å²) in [5.74, 6) is 0.448. The Bertz CT molecular complexity index is 818. The first-order valence-corrected chi connectivity index (χ1v) is 8.38. The molecule has 0 bridgehead atoms. The van der Waals surface area contributed by atoms with Gasteiger partial charge in [0.2, 0.25) is 5.91 Å². The molecule has 8 heteroatoms. The van der Waals surface area contributed by atoms with Gasteiger partial charge >= 0.3 is 0 Å². The lowest BCUT2D eigenvalue weighted by Gasteiger charge is -2.15. The highest BCUT2D eigenvalue weighted by atomic mass is 35.5. The van der Waals surface area contributed by atoms with E-state index in [4.69, 9.17) is 21.1 Å². The van der Waals surface area contributed by atoms with Crippen LogP contribution in [-0.2, 0) is 4.79 Å². The van der Waals surface area contributed by atoms with Crippen LogP contribution in [0.25, 0.3) is 0 Å². The van der Waals surface area contributed by atoms with Crippen LogP contribution in [0.4, 0.5) is 10.1 Å². The Morgan fingerprint density at radius 3 is 2.73 bits per heavy atom. The number of hydrogen-bond acceptors (Lipinski definition) is 5. The first kappa shape index (κ1) is 18.4. The fraction of sp³-hybridized carbons (Fsp3) is 0.278. The van der Waals surface area contributed by atoms with E-state index in [1.54, 1.807) is 20.3 Å². The van der Waals surface area contributed by atoms with Gasteiger partial charge in [-0.1, -0.05) is 17.7 Å². The number of benzene rings is 2. The van der Waals surface area contributed by atoms with Crippen LogP contribution in [0.2, 0.25) is 5.02 Å². The maximum absolute atomic E-state index is 13.8. The zero-order valence-electron chi connectivity index (χ0n) is 14.3. The molecule has 2 unspecified atom stereocenters. The van der Waals surface area contributed by atoms with Crippen LogP contribution < -0.4 is 25.6 Å². The van der Waals surface area contributed by atoms with Gasteiger partial charge in [-0.15, -0.1) is 0 Å². The quantitative estimate of drug-likeness (QED) is 0.744. The normalized spacial score (nSPS) is 19.2. The third-order valence-electron chi connectivity index (χ3n) is 4.22. The summed E-state index contributed by atoms with van der Waals surface area (Å²) < 4.78 is 24.4. The summed E-state index contributed by atoms with van der Waals surface area (Å²) in [4.78, 5) is 12.4. The lowest BCUT2D eigenvalue weighted by Crippen LogP contribution is -2.39. The molecule has 1 saturated heterocycles. The maximum atomic E-state index is 13.8. The number of amides is 1. The standard InChI is InChI=1S/C18H19ClFN3O3/c1-25-11-4-5-12(17(8-11)26-2)14-9-16(23-22-14)18(24)21-15-7-10(19)3-6-13(15)20/h3-8,14,16,22-23H,9H2,1-2H3,(H,21,24). The molecular formula is C18H19ClFN3O3. The summed E-state index contributed by atoms with van der Waals surface area (Å²) in [6, 6.07) is 8.83. The number of nitrogens with one attached hydrogen (secondary N) is 3. The minimum Gasteiger partial charge on any atom is -0.497 e. The van der Waals surface area contributed by atoms with Crippen LogP contribution in [0.15, 0.2) is 36.4 Å². The molecule has 2 atom stereocenters. The summed E-state index contributed by atoms with van der Waals surface area (Å²) in [6.07, 6.45) is 0.469. The lowest BCUT2D eigenvalue weighted by atomic mass is 10.0. The van der Waals surface area contributed by atoms with Gasteiger partial charge in [0.05, 0.1) is 25.9 Å². The van der Waals surface area contributed by atoms with Crippen LogP contribution in [0.1, 0.15) is 18.0 Å². The van der Waals surface area contributed by atoms with Crippen LogP contribution in [-0.4, -0.2) is 26.2 Å². The smallest absolute Gasteiger partial charge is 0.243 e. The van der Waals surface area contributed by atoms with Crippen molar-refractivity contribution in [2.24, 2.45) is 0 Å². The van der Waals surface area contributed by atoms with Crippen molar-refractivity contribution in [2.75, 3.05) is 19.5 Å². The Hall–Kier alpha value is -2.35. The molecule has 1 amide bonds. The van der Waals surface area contributed by atoms with Gasteiger partial charge < -0.3 is 14.8 Å². The zero-order valence-corrected chi connectivity index (χ0v) is 15.1. The van der Waals surface area contributed by atoms with E-state index in [0.717, 1.165) is 5.56 Å². The molecule has 0 saturated carbocycles. The van der Waals surface area contributed by atoms with Gasteiger partial charge in [0, 0.05) is 16.7 Å². The number of carbonyl (C=O) groups is 1. The van der Waals surface area contributed by atoms with Crippen molar-refractivity contribution < 1.29 is 18.7 Å². The van der Waals surface area contributed by atoms with Gasteiger partial charge in [0.15, 0.2) is 0 Å². The van der Waals surface area contributed by atoms with Crippen molar-refractivity contribution in [1.82, 2.24) is 10.9 Å². The SMILES string of the molecule is COc1ccc(C2CC(C(=O)Nc3cc(Cl)ccc3F)NN2)c(OC)c1. The molecule has 2 aromatic rings. The number of carbonyl (C=O) groups excluding carboxylic acids is 1. The summed E-state index contributed by atoms with van der Waals surface area (Å²) in [7, 11) is 3.16. The highest BCUT2D eigenvalue weighted by Gasteiger charge is 2.32. The Kier molecular flexibility index (Phi) is 5.61. The molecule has 3 N–H and O–H groups in total. The van der Waals surface area contributed by atoms with Crippen molar-refractivity contribution in [1.29, 1.82) is 0 Å². The van der Waals surface area contributed by atoms with Gasteiger partial charge in [0.25, 0.3) is 0 Å². The summed E-state index contributed by atoms with van der Waals surface area (Å²) in [6.45, 7) is 0. The number of ether oxygens (including phenoxy) is 2. The minimum absolute atomic E-state index is 0.0507. The van der Waals surface area contributed by atoms with E-state index < -0.39 is 11.9 Å². The van der Waals surface area contributed by atoms with Crippen LogP contribution in [0.5, 0.6) is 11.5 Å².